The molecular formula is C19H24ClNO2. The minimum atomic E-state index is -0.434. The molecule has 2 N–H and O–H groups in total. The van der Waals surface area contributed by atoms with Crippen LogP contribution in [0, 0.1) is 17.3 Å². The zero-order valence-electron chi connectivity index (χ0n) is 13.4. The summed E-state index contributed by atoms with van der Waals surface area (Å²) in [5.74, 6) is 1.43. The minimum Gasteiger partial charge on any atom is -0.390 e. The predicted octanol–water partition coefficient (Wildman–Crippen LogP) is 4.39. The van der Waals surface area contributed by atoms with Gasteiger partial charge in [0.05, 0.1) is 5.60 Å². The number of amides is 1. The van der Waals surface area contributed by atoms with Crippen molar-refractivity contribution in [2.24, 2.45) is 17.3 Å². The van der Waals surface area contributed by atoms with Crippen LogP contribution in [0.1, 0.15) is 51.4 Å². The fraction of sp³-hybridized carbons (Fsp3) is 0.632. The Bertz CT molecular complexity index is 598. The van der Waals surface area contributed by atoms with Crippen molar-refractivity contribution in [1.82, 2.24) is 0 Å². The van der Waals surface area contributed by atoms with Gasteiger partial charge >= 0.3 is 0 Å². The molecule has 5 rings (SSSR count). The van der Waals surface area contributed by atoms with Crippen molar-refractivity contribution in [2.45, 2.75) is 57.0 Å². The Balaban J connectivity index is 1.37. The Morgan fingerprint density at radius 2 is 1.83 bits per heavy atom. The van der Waals surface area contributed by atoms with E-state index in [4.69, 9.17) is 11.6 Å². The van der Waals surface area contributed by atoms with Gasteiger partial charge in [0.15, 0.2) is 0 Å². The summed E-state index contributed by atoms with van der Waals surface area (Å²) in [5.41, 5.74) is 0.566. The third-order valence-corrected chi connectivity index (χ3v) is 6.41. The Hall–Kier alpha value is -1.06. The molecule has 2 unspecified atom stereocenters. The van der Waals surface area contributed by atoms with Gasteiger partial charge in [0.2, 0.25) is 5.91 Å². The monoisotopic (exact) mass is 333 g/mol. The average molecular weight is 334 g/mol. The first-order chi connectivity index (χ1) is 10.9. The average Bonchev–Trinajstić information content (AvgIpc) is 2.45. The van der Waals surface area contributed by atoms with Crippen LogP contribution >= 0.6 is 11.6 Å². The number of benzene rings is 1. The largest absolute Gasteiger partial charge is 0.390 e. The molecule has 124 valence electrons. The second kappa shape index (κ2) is 5.49. The Labute approximate surface area is 142 Å². The summed E-state index contributed by atoms with van der Waals surface area (Å²) >= 11 is 5.86. The van der Waals surface area contributed by atoms with Gasteiger partial charge in [0, 0.05) is 17.1 Å². The van der Waals surface area contributed by atoms with Gasteiger partial charge in [-0.25, -0.2) is 0 Å². The predicted molar refractivity (Wildman–Crippen MR) is 91.4 cm³/mol. The number of carbonyl (C=O) groups is 1. The van der Waals surface area contributed by atoms with Gasteiger partial charge in [0.25, 0.3) is 0 Å². The molecule has 3 nitrogen and oxygen atoms in total. The summed E-state index contributed by atoms with van der Waals surface area (Å²) in [4.78, 5) is 12.3. The first-order valence-corrected chi connectivity index (χ1v) is 9.09. The van der Waals surface area contributed by atoms with Crippen molar-refractivity contribution in [3.8, 4) is 0 Å². The molecule has 4 aliphatic carbocycles. The van der Waals surface area contributed by atoms with E-state index in [0.717, 1.165) is 31.4 Å². The van der Waals surface area contributed by atoms with Crippen LogP contribution in [0.2, 0.25) is 5.02 Å². The molecule has 0 saturated heterocycles. The van der Waals surface area contributed by atoms with E-state index in [1.54, 1.807) is 12.1 Å². The third-order valence-electron chi connectivity index (χ3n) is 6.16. The Morgan fingerprint density at radius 1 is 1.17 bits per heavy atom. The van der Waals surface area contributed by atoms with Gasteiger partial charge in [-0.1, -0.05) is 11.6 Å². The lowest BCUT2D eigenvalue weighted by Gasteiger charge is -2.60. The molecule has 1 aromatic carbocycles. The number of halogens is 1. The van der Waals surface area contributed by atoms with E-state index in [1.165, 1.54) is 19.3 Å². The van der Waals surface area contributed by atoms with Crippen LogP contribution in [0.15, 0.2) is 24.3 Å². The number of anilines is 1. The van der Waals surface area contributed by atoms with Crippen LogP contribution in [0.25, 0.3) is 0 Å². The maximum atomic E-state index is 12.3. The number of aliphatic hydroxyl groups is 1. The number of carbonyl (C=O) groups excluding carboxylic acids is 1. The smallest absolute Gasteiger partial charge is 0.224 e. The van der Waals surface area contributed by atoms with E-state index >= 15 is 0 Å². The molecule has 0 radical (unpaired) electrons. The molecule has 0 aromatic heterocycles. The highest BCUT2D eigenvalue weighted by atomic mass is 35.5. The van der Waals surface area contributed by atoms with E-state index < -0.39 is 5.60 Å². The zero-order valence-corrected chi connectivity index (χ0v) is 14.1. The molecule has 2 atom stereocenters. The van der Waals surface area contributed by atoms with Crippen LogP contribution in [-0.4, -0.2) is 16.6 Å². The summed E-state index contributed by atoms with van der Waals surface area (Å²) in [6, 6.07) is 7.22. The normalized spacial score (nSPS) is 37.8. The second-order valence-electron chi connectivity index (χ2n) is 8.24. The van der Waals surface area contributed by atoms with Gasteiger partial charge in [0.1, 0.15) is 0 Å². The molecule has 23 heavy (non-hydrogen) atoms. The highest BCUT2D eigenvalue weighted by molar-refractivity contribution is 6.30. The molecule has 0 heterocycles. The highest BCUT2D eigenvalue weighted by Crippen LogP contribution is 2.63. The molecule has 4 saturated carbocycles. The SMILES string of the molecule is O=C(CCC12CC3CC(CC(O)(C3)C1)C2)Nc1ccc(Cl)cc1. The molecule has 0 aliphatic heterocycles. The maximum absolute atomic E-state index is 12.3. The summed E-state index contributed by atoms with van der Waals surface area (Å²) in [6.07, 6.45) is 8.03. The Morgan fingerprint density at radius 3 is 2.43 bits per heavy atom. The molecule has 4 bridgehead atoms. The van der Waals surface area contributed by atoms with Gasteiger partial charge in [-0.2, -0.15) is 0 Å². The van der Waals surface area contributed by atoms with Crippen molar-refractivity contribution in [3.05, 3.63) is 29.3 Å². The standard InChI is InChI=1S/C19H24ClNO2/c20-15-1-3-16(4-2-15)21-17(22)5-6-18-8-13-7-14(9-18)11-19(23,10-13)12-18/h1-4,13-14,23H,5-12H2,(H,21,22). The van der Waals surface area contributed by atoms with Gasteiger partial charge in [-0.15, -0.1) is 0 Å². The quantitative estimate of drug-likeness (QED) is 0.858. The number of hydrogen-bond acceptors (Lipinski definition) is 2. The summed E-state index contributed by atoms with van der Waals surface area (Å²) in [6.45, 7) is 0. The van der Waals surface area contributed by atoms with Gasteiger partial charge in [-0.3, -0.25) is 4.79 Å². The lowest BCUT2D eigenvalue weighted by atomic mass is 9.47. The van der Waals surface area contributed by atoms with E-state index in [9.17, 15) is 9.90 Å². The van der Waals surface area contributed by atoms with Crippen LogP contribution in [0.4, 0.5) is 5.69 Å². The topological polar surface area (TPSA) is 49.3 Å². The Kier molecular flexibility index (Phi) is 3.69. The van der Waals surface area contributed by atoms with Crippen molar-refractivity contribution >= 4 is 23.2 Å². The van der Waals surface area contributed by atoms with Gasteiger partial charge in [-0.05, 0) is 86.5 Å². The van der Waals surface area contributed by atoms with Crippen LogP contribution < -0.4 is 5.32 Å². The van der Waals surface area contributed by atoms with E-state index in [1.807, 2.05) is 12.1 Å². The number of rotatable bonds is 4. The molecule has 4 aliphatic rings. The van der Waals surface area contributed by atoms with Crippen LogP contribution in [0.5, 0.6) is 0 Å². The second-order valence-corrected chi connectivity index (χ2v) is 8.68. The lowest BCUT2D eigenvalue weighted by Crippen LogP contribution is -2.55. The van der Waals surface area contributed by atoms with Crippen molar-refractivity contribution < 1.29 is 9.90 Å². The first-order valence-electron chi connectivity index (χ1n) is 8.72. The summed E-state index contributed by atoms with van der Waals surface area (Å²) in [5, 5.41) is 14.4. The van der Waals surface area contributed by atoms with Crippen molar-refractivity contribution in [2.75, 3.05) is 5.32 Å². The first kappa shape index (κ1) is 15.5. The van der Waals surface area contributed by atoms with E-state index in [2.05, 4.69) is 5.32 Å². The molecule has 4 heteroatoms. The number of nitrogens with one attached hydrogen (secondary N) is 1. The van der Waals surface area contributed by atoms with Crippen molar-refractivity contribution in [3.63, 3.8) is 0 Å². The van der Waals surface area contributed by atoms with E-state index in [0.29, 0.717) is 23.3 Å². The minimum absolute atomic E-state index is 0.0649. The molecule has 4 fully saturated rings. The molecule has 1 aromatic rings. The highest BCUT2D eigenvalue weighted by Gasteiger charge is 2.56. The zero-order chi connectivity index (χ0) is 16.1. The van der Waals surface area contributed by atoms with Crippen molar-refractivity contribution in [1.29, 1.82) is 0 Å². The van der Waals surface area contributed by atoms with Gasteiger partial charge < -0.3 is 10.4 Å². The third kappa shape index (κ3) is 3.14. The molecule has 1 amide bonds. The summed E-state index contributed by atoms with van der Waals surface area (Å²) < 4.78 is 0. The lowest BCUT2D eigenvalue weighted by molar-refractivity contribution is -0.166. The van der Waals surface area contributed by atoms with Crippen LogP contribution in [0.3, 0.4) is 0 Å². The molecular weight excluding hydrogens is 310 g/mol. The van der Waals surface area contributed by atoms with Crippen LogP contribution in [-0.2, 0) is 4.79 Å². The fourth-order valence-electron chi connectivity index (χ4n) is 5.83. The van der Waals surface area contributed by atoms with E-state index in [-0.39, 0.29) is 11.3 Å². The number of hydrogen-bond donors (Lipinski definition) is 2. The summed E-state index contributed by atoms with van der Waals surface area (Å²) in [7, 11) is 0. The maximum Gasteiger partial charge on any atom is 0.224 e. The fourth-order valence-corrected chi connectivity index (χ4v) is 5.96. The molecule has 0 spiro atoms.